The van der Waals surface area contributed by atoms with E-state index in [-0.39, 0.29) is 30.3 Å². The zero-order valence-electron chi connectivity index (χ0n) is 17.3. The van der Waals surface area contributed by atoms with Gasteiger partial charge in [0.1, 0.15) is 23.4 Å². The molecule has 2 aromatic heterocycles. The fourth-order valence-electron chi connectivity index (χ4n) is 3.80. The van der Waals surface area contributed by atoms with Crippen LogP contribution >= 0.6 is 28.1 Å². The smallest absolute Gasteiger partial charge is 0.305 e. The Morgan fingerprint density at radius 3 is 2.88 bits per heavy atom. The van der Waals surface area contributed by atoms with Crippen molar-refractivity contribution in [1.29, 1.82) is 0 Å². The number of esters is 1. The molecule has 9 heteroatoms. The number of thiocarbonyl (C=S) groups is 1. The van der Waals surface area contributed by atoms with Gasteiger partial charge in [0.05, 0.1) is 24.4 Å². The van der Waals surface area contributed by atoms with Crippen molar-refractivity contribution in [2.45, 2.75) is 24.9 Å². The summed E-state index contributed by atoms with van der Waals surface area (Å²) in [6.45, 7) is 0.525. The van der Waals surface area contributed by atoms with Crippen molar-refractivity contribution in [1.82, 2.24) is 15.2 Å². The predicted octanol–water partition coefficient (Wildman–Crippen LogP) is 5.17. The van der Waals surface area contributed by atoms with E-state index in [1.165, 1.54) is 13.2 Å². The third-order valence-electron chi connectivity index (χ3n) is 5.32. The summed E-state index contributed by atoms with van der Waals surface area (Å²) >= 11 is 8.88. The molecule has 1 fully saturated rings. The molecule has 1 aliphatic rings. The lowest BCUT2D eigenvalue weighted by Gasteiger charge is -2.25. The number of carbonyl (C=O) groups is 1. The van der Waals surface area contributed by atoms with Crippen LogP contribution in [0, 0.1) is 5.82 Å². The normalized spacial score (nSPS) is 18.0. The van der Waals surface area contributed by atoms with Crippen molar-refractivity contribution < 1.29 is 18.3 Å². The minimum absolute atomic E-state index is 0.254. The van der Waals surface area contributed by atoms with Gasteiger partial charge >= 0.3 is 5.97 Å². The number of aromatic nitrogens is 1. The van der Waals surface area contributed by atoms with Crippen LogP contribution in [-0.4, -0.2) is 34.6 Å². The fraction of sp³-hybridized carbons (Fsp3) is 0.261. The van der Waals surface area contributed by atoms with Crippen molar-refractivity contribution >= 4 is 39.2 Å². The Balaban J connectivity index is 1.66. The predicted molar refractivity (Wildman–Crippen MR) is 125 cm³/mol. The molecular formula is C23H21BrFN3O3S. The minimum Gasteiger partial charge on any atom is -0.469 e. The Bertz CT molecular complexity index is 1120. The third kappa shape index (κ3) is 4.68. The van der Waals surface area contributed by atoms with E-state index in [0.717, 1.165) is 5.69 Å². The molecule has 0 radical (unpaired) electrons. The molecular weight excluding hydrogens is 497 g/mol. The van der Waals surface area contributed by atoms with Gasteiger partial charge in [-0.25, -0.2) is 4.39 Å². The molecule has 1 aromatic carbocycles. The highest BCUT2D eigenvalue weighted by atomic mass is 79.9. The average molecular weight is 518 g/mol. The van der Waals surface area contributed by atoms with Crippen LogP contribution in [-0.2, 0) is 9.53 Å². The van der Waals surface area contributed by atoms with E-state index in [4.69, 9.17) is 21.4 Å². The number of rotatable bonds is 7. The summed E-state index contributed by atoms with van der Waals surface area (Å²) in [5.74, 6) is 0.406. The number of ether oxygens (including phenoxy) is 1. The minimum atomic E-state index is -0.378. The highest BCUT2D eigenvalue weighted by molar-refractivity contribution is 9.10. The highest BCUT2D eigenvalue weighted by Gasteiger charge is 2.41. The van der Waals surface area contributed by atoms with Crippen LogP contribution in [0.2, 0.25) is 0 Å². The quantitative estimate of drug-likeness (QED) is 0.342. The summed E-state index contributed by atoms with van der Waals surface area (Å²) in [4.78, 5) is 18.0. The number of carbonyl (C=O) groups excluding carboxylic acids is 1. The number of pyridine rings is 1. The molecule has 3 heterocycles. The van der Waals surface area contributed by atoms with Crippen molar-refractivity contribution in [3.63, 3.8) is 0 Å². The number of hydrogen-bond acceptors (Lipinski definition) is 5. The molecule has 166 valence electrons. The van der Waals surface area contributed by atoms with Crippen molar-refractivity contribution in [2.75, 3.05) is 13.7 Å². The monoisotopic (exact) mass is 517 g/mol. The Hall–Kier alpha value is -2.78. The first kappa shape index (κ1) is 22.4. The maximum absolute atomic E-state index is 14.5. The summed E-state index contributed by atoms with van der Waals surface area (Å²) in [6, 6.07) is 13.6. The molecule has 0 amide bonds. The van der Waals surface area contributed by atoms with E-state index in [0.29, 0.717) is 39.6 Å². The molecule has 6 nitrogen and oxygen atoms in total. The van der Waals surface area contributed by atoms with Crippen LogP contribution in [0.3, 0.4) is 0 Å². The molecule has 0 bridgehead atoms. The Morgan fingerprint density at radius 2 is 2.16 bits per heavy atom. The van der Waals surface area contributed by atoms with Crippen LogP contribution in [0.1, 0.15) is 36.4 Å². The van der Waals surface area contributed by atoms with Crippen LogP contribution in [0.5, 0.6) is 0 Å². The standard InChI is InChI=1S/C23H21BrFN3O3S/c1-30-20(29)6-4-12-28-22(21(27-23(28)32)17-5-2-3-11-26-17)19-10-9-18(31-19)15-8-7-14(24)13-16(15)25/h2-3,5,7-11,13,21-22H,4,6,12H2,1H3,(H,27,32)/t21-,22+/m1/s1. The zero-order chi connectivity index (χ0) is 22.7. The van der Waals surface area contributed by atoms with Gasteiger partial charge in [0, 0.05) is 23.6 Å². The second-order valence-electron chi connectivity index (χ2n) is 7.33. The number of nitrogens with zero attached hydrogens (tertiary/aromatic N) is 2. The van der Waals surface area contributed by atoms with Crippen LogP contribution in [0.25, 0.3) is 11.3 Å². The third-order valence-corrected chi connectivity index (χ3v) is 6.17. The molecule has 0 unspecified atom stereocenters. The number of hydrogen-bond donors (Lipinski definition) is 1. The van der Waals surface area contributed by atoms with Crippen LogP contribution in [0.15, 0.2) is 63.6 Å². The van der Waals surface area contributed by atoms with E-state index in [2.05, 4.69) is 26.2 Å². The van der Waals surface area contributed by atoms with E-state index >= 15 is 0 Å². The molecule has 1 N–H and O–H groups in total. The van der Waals surface area contributed by atoms with Gasteiger partial charge in [-0.15, -0.1) is 0 Å². The summed E-state index contributed by atoms with van der Waals surface area (Å²) in [5, 5.41) is 3.87. The Kier molecular flexibility index (Phi) is 6.86. The molecule has 1 aliphatic heterocycles. The van der Waals surface area contributed by atoms with E-state index in [9.17, 15) is 9.18 Å². The largest absolute Gasteiger partial charge is 0.469 e. The number of methoxy groups -OCH3 is 1. The summed E-state index contributed by atoms with van der Waals surface area (Å²) in [6.07, 6.45) is 2.57. The first-order chi connectivity index (χ1) is 15.5. The molecule has 4 rings (SSSR count). The maximum atomic E-state index is 14.5. The van der Waals surface area contributed by atoms with Crippen LogP contribution in [0.4, 0.5) is 4.39 Å². The number of furan rings is 1. The average Bonchev–Trinajstić information content (AvgIpc) is 3.39. The lowest BCUT2D eigenvalue weighted by molar-refractivity contribution is -0.140. The molecule has 3 aromatic rings. The molecule has 0 saturated carbocycles. The van der Waals surface area contributed by atoms with Gasteiger partial charge < -0.3 is 19.4 Å². The first-order valence-corrected chi connectivity index (χ1v) is 11.3. The summed E-state index contributed by atoms with van der Waals surface area (Å²) in [7, 11) is 1.37. The van der Waals surface area contributed by atoms with Crippen molar-refractivity contribution in [2.24, 2.45) is 0 Å². The van der Waals surface area contributed by atoms with E-state index < -0.39 is 0 Å². The lowest BCUT2D eigenvalue weighted by atomic mass is 10.0. The van der Waals surface area contributed by atoms with Gasteiger partial charge in [0.2, 0.25) is 0 Å². The van der Waals surface area contributed by atoms with E-state index in [1.54, 1.807) is 24.4 Å². The highest BCUT2D eigenvalue weighted by Crippen LogP contribution is 2.41. The van der Waals surface area contributed by atoms with Crippen molar-refractivity contribution in [3.8, 4) is 11.3 Å². The lowest BCUT2D eigenvalue weighted by Crippen LogP contribution is -2.30. The Morgan fingerprint density at radius 1 is 1.31 bits per heavy atom. The number of benzene rings is 1. The molecule has 0 aliphatic carbocycles. The summed E-state index contributed by atoms with van der Waals surface area (Å²) in [5.41, 5.74) is 1.18. The second kappa shape index (κ2) is 9.79. The van der Waals surface area contributed by atoms with Gasteiger partial charge in [0.25, 0.3) is 0 Å². The first-order valence-electron chi connectivity index (χ1n) is 10.1. The van der Waals surface area contributed by atoms with Crippen molar-refractivity contribution in [3.05, 3.63) is 76.5 Å². The molecule has 2 atom stereocenters. The van der Waals surface area contributed by atoms with Gasteiger partial charge in [-0.3, -0.25) is 9.78 Å². The van der Waals surface area contributed by atoms with Gasteiger partial charge in [-0.1, -0.05) is 22.0 Å². The summed E-state index contributed by atoms with van der Waals surface area (Å²) < 4.78 is 26.0. The molecule has 1 saturated heterocycles. The SMILES string of the molecule is COC(=O)CCCN1C(=S)N[C@H](c2ccccn2)[C@@H]1c1ccc(-c2ccc(Br)cc2F)o1. The van der Waals surface area contributed by atoms with Gasteiger partial charge in [-0.2, -0.15) is 0 Å². The van der Waals surface area contributed by atoms with Gasteiger partial charge in [0.15, 0.2) is 5.11 Å². The number of halogens is 2. The van der Waals surface area contributed by atoms with E-state index in [1.807, 2.05) is 29.2 Å². The maximum Gasteiger partial charge on any atom is 0.305 e. The Labute approximate surface area is 198 Å². The van der Waals surface area contributed by atoms with Crippen LogP contribution < -0.4 is 5.32 Å². The molecule has 0 spiro atoms. The fourth-order valence-corrected chi connectivity index (χ4v) is 4.46. The molecule has 32 heavy (non-hydrogen) atoms. The zero-order valence-corrected chi connectivity index (χ0v) is 19.7. The second-order valence-corrected chi connectivity index (χ2v) is 8.63. The van der Waals surface area contributed by atoms with Gasteiger partial charge in [-0.05, 0) is 61.1 Å². The number of nitrogens with one attached hydrogen (secondary N) is 1. The topological polar surface area (TPSA) is 67.6 Å².